The quantitative estimate of drug-likeness (QED) is 0.734. The van der Waals surface area contributed by atoms with E-state index in [1.54, 1.807) is 29.2 Å². The molecular formula is C17H25NO5S. The van der Waals surface area contributed by atoms with Crippen molar-refractivity contribution in [3.05, 3.63) is 35.9 Å². The Morgan fingerprint density at radius 2 is 1.83 bits per heavy atom. The molecule has 0 atom stereocenters. The molecule has 1 aromatic carbocycles. The summed E-state index contributed by atoms with van der Waals surface area (Å²) in [4.78, 5) is 13.4. The van der Waals surface area contributed by atoms with E-state index in [4.69, 9.17) is 8.92 Å². The third kappa shape index (κ3) is 6.13. The first-order chi connectivity index (χ1) is 11.1. The minimum atomic E-state index is -3.57. The zero-order valence-corrected chi connectivity index (χ0v) is 15.2. The Hall–Kier alpha value is -1.60. The van der Waals surface area contributed by atoms with Gasteiger partial charge in [-0.15, -0.1) is 0 Å². The predicted molar refractivity (Wildman–Crippen MR) is 90.9 cm³/mol. The van der Waals surface area contributed by atoms with Gasteiger partial charge in [0.05, 0.1) is 6.61 Å². The summed E-state index contributed by atoms with van der Waals surface area (Å²) in [6, 6.07) is 8.94. The summed E-state index contributed by atoms with van der Waals surface area (Å²) in [6.07, 6.45) is 0.282. The number of ether oxygens (including phenoxy) is 1. The third-order valence-corrected chi connectivity index (χ3v) is 4.80. The van der Waals surface area contributed by atoms with Crippen LogP contribution in [0.4, 0.5) is 4.79 Å². The van der Waals surface area contributed by atoms with Crippen LogP contribution in [0.3, 0.4) is 0 Å². The molecule has 0 aromatic heterocycles. The average Bonchev–Trinajstić information content (AvgIpc) is 2.39. The van der Waals surface area contributed by atoms with Gasteiger partial charge in [0.15, 0.2) is 0 Å². The highest BCUT2D eigenvalue weighted by molar-refractivity contribution is 7.85. The molecule has 1 aliphatic rings. The van der Waals surface area contributed by atoms with Crippen LogP contribution in [-0.2, 0) is 24.8 Å². The summed E-state index contributed by atoms with van der Waals surface area (Å²) in [5.41, 5.74) is 0.203. The number of amides is 1. The standard InChI is InChI=1S/C17H25NO5S/c1-17(2,3)23-16(19)18-11-15(12-18)9-10-22-24(20,21)13-14-7-5-4-6-8-14/h4-8,15H,9-13H2,1-3H3. The van der Waals surface area contributed by atoms with Crippen LogP contribution < -0.4 is 0 Å². The molecule has 1 heterocycles. The van der Waals surface area contributed by atoms with Crippen molar-refractivity contribution in [2.75, 3.05) is 19.7 Å². The molecule has 0 unspecified atom stereocenters. The first-order valence-corrected chi connectivity index (χ1v) is 9.61. The van der Waals surface area contributed by atoms with Gasteiger partial charge in [-0.25, -0.2) is 4.79 Å². The zero-order valence-electron chi connectivity index (χ0n) is 14.4. The second kappa shape index (κ2) is 7.53. The van der Waals surface area contributed by atoms with Gasteiger partial charge in [-0.1, -0.05) is 30.3 Å². The van der Waals surface area contributed by atoms with Crippen molar-refractivity contribution in [1.82, 2.24) is 4.90 Å². The van der Waals surface area contributed by atoms with Crippen molar-refractivity contribution in [2.45, 2.75) is 38.5 Å². The molecule has 0 radical (unpaired) electrons. The minimum absolute atomic E-state index is 0.122. The van der Waals surface area contributed by atoms with E-state index < -0.39 is 15.7 Å². The first-order valence-electron chi connectivity index (χ1n) is 8.03. The van der Waals surface area contributed by atoms with Crippen LogP contribution >= 0.6 is 0 Å². The van der Waals surface area contributed by atoms with Crippen molar-refractivity contribution < 1.29 is 22.1 Å². The summed E-state index contributed by atoms with van der Waals surface area (Å²) in [7, 11) is -3.57. The number of nitrogens with zero attached hydrogens (tertiary/aromatic N) is 1. The molecule has 1 saturated heterocycles. The fourth-order valence-electron chi connectivity index (χ4n) is 2.39. The number of hydrogen-bond acceptors (Lipinski definition) is 5. The number of rotatable bonds is 6. The highest BCUT2D eigenvalue weighted by Gasteiger charge is 2.33. The Labute approximate surface area is 143 Å². The van der Waals surface area contributed by atoms with E-state index in [-0.39, 0.29) is 24.4 Å². The molecule has 0 bridgehead atoms. The summed E-state index contributed by atoms with van der Waals surface area (Å²) < 4.78 is 34.1. The largest absolute Gasteiger partial charge is 0.444 e. The monoisotopic (exact) mass is 355 g/mol. The maximum Gasteiger partial charge on any atom is 0.410 e. The highest BCUT2D eigenvalue weighted by Crippen LogP contribution is 2.22. The van der Waals surface area contributed by atoms with Gasteiger partial charge in [-0.2, -0.15) is 8.42 Å². The molecule has 6 nitrogen and oxygen atoms in total. The van der Waals surface area contributed by atoms with E-state index in [0.29, 0.717) is 25.1 Å². The van der Waals surface area contributed by atoms with Crippen molar-refractivity contribution in [3.8, 4) is 0 Å². The molecule has 1 amide bonds. The lowest BCUT2D eigenvalue weighted by Crippen LogP contribution is -2.51. The van der Waals surface area contributed by atoms with Gasteiger partial charge >= 0.3 is 6.09 Å². The van der Waals surface area contributed by atoms with Gasteiger partial charge in [0, 0.05) is 13.1 Å². The molecule has 24 heavy (non-hydrogen) atoms. The van der Waals surface area contributed by atoms with E-state index in [9.17, 15) is 13.2 Å². The topological polar surface area (TPSA) is 72.9 Å². The molecule has 7 heteroatoms. The van der Waals surface area contributed by atoms with Crippen molar-refractivity contribution in [1.29, 1.82) is 0 Å². The van der Waals surface area contributed by atoms with Crippen molar-refractivity contribution >= 4 is 16.2 Å². The van der Waals surface area contributed by atoms with E-state index in [1.165, 1.54) is 0 Å². The maximum absolute atomic E-state index is 11.9. The van der Waals surface area contributed by atoms with E-state index in [1.807, 2.05) is 26.8 Å². The normalized spacial score (nSPS) is 15.9. The smallest absolute Gasteiger partial charge is 0.410 e. The molecule has 1 fully saturated rings. The summed E-state index contributed by atoms with van der Waals surface area (Å²) in [6.45, 7) is 6.78. The summed E-state index contributed by atoms with van der Waals surface area (Å²) in [5, 5.41) is 0. The minimum Gasteiger partial charge on any atom is -0.444 e. The van der Waals surface area contributed by atoms with Crippen molar-refractivity contribution in [3.63, 3.8) is 0 Å². The van der Waals surface area contributed by atoms with Crippen LogP contribution in [0.5, 0.6) is 0 Å². The van der Waals surface area contributed by atoms with Crippen LogP contribution in [0, 0.1) is 5.92 Å². The molecular weight excluding hydrogens is 330 g/mol. The van der Waals surface area contributed by atoms with Gasteiger partial charge in [-0.05, 0) is 38.7 Å². The van der Waals surface area contributed by atoms with Crippen LogP contribution in [0.1, 0.15) is 32.8 Å². The molecule has 0 N–H and O–H groups in total. The van der Waals surface area contributed by atoms with E-state index in [0.717, 1.165) is 0 Å². The molecule has 0 spiro atoms. The zero-order chi connectivity index (χ0) is 17.8. The second-order valence-electron chi connectivity index (χ2n) is 7.05. The van der Waals surface area contributed by atoms with Gasteiger partial charge in [-0.3, -0.25) is 4.18 Å². The lowest BCUT2D eigenvalue weighted by Gasteiger charge is -2.39. The van der Waals surface area contributed by atoms with Gasteiger partial charge in [0.2, 0.25) is 0 Å². The van der Waals surface area contributed by atoms with Crippen molar-refractivity contribution in [2.24, 2.45) is 5.92 Å². The highest BCUT2D eigenvalue weighted by atomic mass is 32.2. The summed E-state index contributed by atoms with van der Waals surface area (Å²) in [5.74, 6) is 0.132. The Morgan fingerprint density at radius 3 is 2.42 bits per heavy atom. The first kappa shape index (κ1) is 18.7. The Morgan fingerprint density at radius 1 is 1.21 bits per heavy atom. The van der Waals surface area contributed by atoms with Gasteiger partial charge < -0.3 is 9.64 Å². The fraction of sp³-hybridized carbons (Fsp3) is 0.588. The predicted octanol–water partition coefficient (Wildman–Crippen LogP) is 2.79. The number of hydrogen-bond donors (Lipinski definition) is 0. The number of benzene rings is 1. The Balaban J connectivity index is 1.66. The maximum atomic E-state index is 11.9. The fourth-order valence-corrected chi connectivity index (χ4v) is 3.42. The van der Waals surface area contributed by atoms with Crippen LogP contribution in [-0.4, -0.2) is 44.7 Å². The van der Waals surface area contributed by atoms with Crippen LogP contribution in [0.2, 0.25) is 0 Å². The number of carbonyl (C=O) groups excluding carboxylic acids is 1. The molecule has 0 saturated carbocycles. The lowest BCUT2D eigenvalue weighted by molar-refractivity contribution is -0.00378. The Bertz CT molecular complexity index is 645. The molecule has 1 aromatic rings. The SMILES string of the molecule is CC(C)(C)OC(=O)N1CC(CCOS(=O)(=O)Cc2ccccc2)C1. The summed E-state index contributed by atoms with van der Waals surface area (Å²) >= 11 is 0. The van der Waals surface area contributed by atoms with Gasteiger partial charge in [0.1, 0.15) is 11.4 Å². The van der Waals surface area contributed by atoms with Gasteiger partial charge in [0.25, 0.3) is 10.1 Å². The van der Waals surface area contributed by atoms with Crippen LogP contribution in [0.15, 0.2) is 30.3 Å². The van der Waals surface area contributed by atoms with E-state index >= 15 is 0 Å². The number of likely N-dealkylation sites (tertiary alicyclic amines) is 1. The molecule has 0 aliphatic carbocycles. The molecule has 2 rings (SSSR count). The van der Waals surface area contributed by atoms with E-state index in [2.05, 4.69) is 0 Å². The Kier molecular flexibility index (Phi) is 5.87. The van der Waals surface area contributed by atoms with Crippen LogP contribution in [0.25, 0.3) is 0 Å². The number of carbonyl (C=O) groups is 1. The average molecular weight is 355 g/mol. The third-order valence-electron chi connectivity index (χ3n) is 3.58. The molecule has 134 valence electrons. The molecule has 1 aliphatic heterocycles. The lowest BCUT2D eigenvalue weighted by atomic mass is 9.97. The second-order valence-corrected chi connectivity index (χ2v) is 8.69.